The van der Waals surface area contributed by atoms with Crippen LogP contribution in [0.2, 0.25) is 0 Å². The molecule has 2 fully saturated rings. The summed E-state index contributed by atoms with van der Waals surface area (Å²) in [4.78, 5) is 12.6. The molecule has 2 aromatic heterocycles. The lowest BCUT2D eigenvalue weighted by molar-refractivity contribution is 0.188. The van der Waals surface area contributed by atoms with Crippen molar-refractivity contribution in [2.45, 2.75) is 31.2 Å². The molecule has 1 aromatic carbocycles. The lowest BCUT2D eigenvalue weighted by atomic mass is 10.0. The van der Waals surface area contributed by atoms with Crippen molar-refractivity contribution in [1.82, 2.24) is 14.9 Å². The molecule has 3 aromatic rings. The number of halogens is 3. The van der Waals surface area contributed by atoms with E-state index in [0.29, 0.717) is 47.2 Å². The van der Waals surface area contributed by atoms with Crippen molar-refractivity contribution in [1.29, 1.82) is 0 Å². The summed E-state index contributed by atoms with van der Waals surface area (Å²) in [6.45, 7) is 1.13. The van der Waals surface area contributed by atoms with Gasteiger partial charge in [-0.25, -0.2) is 18.2 Å². The van der Waals surface area contributed by atoms with Crippen LogP contribution in [0.25, 0.3) is 11.0 Å². The third-order valence-corrected chi connectivity index (χ3v) is 6.48. The molecule has 2 aliphatic rings. The van der Waals surface area contributed by atoms with Crippen LogP contribution in [0.15, 0.2) is 42.6 Å². The SMILES string of the molecule is O[C@H]1CCN(C(=S)Nc2ccnc3ccc(N4C[C@@H](F)C[C@@H]4c4cc(F)ccc4F)nc23)C1. The Kier molecular flexibility index (Phi) is 5.79. The van der Waals surface area contributed by atoms with Gasteiger partial charge in [0.1, 0.15) is 29.1 Å². The molecule has 0 radical (unpaired) electrons. The van der Waals surface area contributed by atoms with E-state index in [4.69, 9.17) is 17.2 Å². The Bertz CT molecular complexity index is 1210. The van der Waals surface area contributed by atoms with E-state index in [-0.39, 0.29) is 18.5 Å². The summed E-state index contributed by atoms with van der Waals surface area (Å²) >= 11 is 5.49. The van der Waals surface area contributed by atoms with Gasteiger partial charge in [0.05, 0.1) is 29.9 Å². The van der Waals surface area contributed by atoms with Crippen molar-refractivity contribution in [3.8, 4) is 0 Å². The molecule has 6 nitrogen and oxygen atoms in total. The Morgan fingerprint density at radius 3 is 2.79 bits per heavy atom. The van der Waals surface area contributed by atoms with Crippen molar-refractivity contribution in [3.05, 3.63) is 59.8 Å². The number of hydrogen-bond donors (Lipinski definition) is 2. The summed E-state index contributed by atoms with van der Waals surface area (Å²) in [6, 6.07) is 7.75. The van der Waals surface area contributed by atoms with Crippen molar-refractivity contribution < 1.29 is 18.3 Å². The second-order valence-corrected chi connectivity index (χ2v) is 8.77. The quantitative estimate of drug-likeness (QED) is 0.559. The summed E-state index contributed by atoms with van der Waals surface area (Å²) in [5, 5.41) is 13.4. The number of likely N-dealkylation sites (tertiary alicyclic amines) is 1. The Balaban J connectivity index is 1.48. The molecule has 2 N–H and O–H groups in total. The molecule has 5 rings (SSSR count). The second-order valence-electron chi connectivity index (χ2n) is 8.38. The van der Waals surface area contributed by atoms with Gasteiger partial charge in [-0.2, -0.15) is 0 Å². The van der Waals surface area contributed by atoms with E-state index in [1.165, 1.54) is 0 Å². The van der Waals surface area contributed by atoms with Gasteiger partial charge in [0.25, 0.3) is 0 Å². The number of thiocarbonyl (C=S) groups is 1. The van der Waals surface area contributed by atoms with Gasteiger partial charge in [-0.3, -0.25) is 4.98 Å². The van der Waals surface area contributed by atoms with Crippen LogP contribution >= 0.6 is 12.2 Å². The molecular weight excluding hydrogens is 451 g/mol. The van der Waals surface area contributed by atoms with Gasteiger partial charge >= 0.3 is 0 Å². The average Bonchev–Trinajstić information content (AvgIpc) is 3.41. The number of benzene rings is 1. The molecule has 2 aliphatic heterocycles. The van der Waals surface area contributed by atoms with E-state index in [0.717, 1.165) is 18.2 Å². The van der Waals surface area contributed by atoms with Crippen molar-refractivity contribution in [3.63, 3.8) is 0 Å². The van der Waals surface area contributed by atoms with Gasteiger partial charge in [0.2, 0.25) is 0 Å². The molecule has 2 saturated heterocycles. The van der Waals surface area contributed by atoms with E-state index in [1.54, 1.807) is 29.3 Å². The molecule has 0 unspecified atom stereocenters. The highest BCUT2D eigenvalue weighted by atomic mass is 32.1. The van der Waals surface area contributed by atoms with Crippen molar-refractivity contribution in [2.24, 2.45) is 0 Å². The molecule has 172 valence electrons. The second kappa shape index (κ2) is 8.75. The van der Waals surface area contributed by atoms with Gasteiger partial charge in [-0.05, 0) is 55.0 Å². The Morgan fingerprint density at radius 1 is 1.15 bits per heavy atom. The minimum absolute atomic E-state index is 0.0201. The minimum Gasteiger partial charge on any atom is -0.391 e. The lowest BCUT2D eigenvalue weighted by Crippen LogP contribution is -2.33. The monoisotopic (exact) mass is 473 g/mol. The van der Waals surface area contributed by atoms with Crippen LogP contribution in [-0.4, -0.2) is 57.0 Å². The van der Waals surface area contributed by atoms with Crippen LogP contribution in [0.4, 0.5) is 24.7 Å². The Labute approximate surface area is 194 Å². The van der Waals surface area contributed by atoms with Crippen LogP contribution in [0.5, 0.6) is 0 Å². The molecule has 0 bridgehead atoms. The van der Waals surface area contributed by atoms with Crippen LogP contribution < -0.4 is 10.2 Å². The molecule has 3 atom stereocenters. The maximum atomic E-state index is 14.5. The molecule has 0 amide bonds. The largest absolute Gasteiger partial charge is 0.391 e. The molecule has 0 aliphatic carbocycles. The summed E-state index contributed by atoms with van der Waals surface area (Å²) < 4.78 is 42.7. The summed E-state index contributed by atoms with van der Waals surface area (Å²) in [5.74, 6) is -0.713. The Hall–Kier alpha value is -2.98. The minimum atomic E-state index is -1.20. The average molecular weight is 474 g/mol. The normalized spacial score (nSPS) is 22.8. The number of nitrogens with one attached hydrogen (secondary N) is 1. The highest BCUT2D eigenvalue weighted by molar-refractivity contribution is 7.80. The summed E-state index contributed by atoms with van der Waals surface area (Å²) in [7, 11) is 0. The molecular formula is C23H22F3N5OS. The van der Waals surface area contributed by atoms with Gasteiger partial charge in [-0.1, -0.05) is 0 Å². The van der Waals surface area contributed by atoms with Gasteiger partial charge < -0.3 is 20.2 Å². The van der Waals surface area contributed by atoms with Crippen molar-refractivity contribution in [2.75, 3.05) is 29.9 Å². The predicted octanol–water partition coefficient (Wildman–Crippen LogP) is 3.96. The predicted molar refractivity (Wildman–Crippen MR) is 124 cm³/mol. The standard InChI is InChI=1S/C23H22F3N5OS/c24-13-1-2-17(26)16(9-13)20-10-14(25)11-31(20)21-4-3-18-22(29-21)19(5-7-27-18)28-23(33)30-8-6-15(32)12-30/h1-5,7,9,14-15,20,32H,6,8,10-12H2,(H,27,28,33)/t14-,15-,20+/m0/s1. The zero-order valence-electron chi connectivity index (χ0n) is 17.6. The number of aliphatic hydroxyl groups excluding tert-OH is 1. The number of aliphatic hydroxyl groups is 1. The zero-order chi connectivity index (χ0) is 23.1. The first-order valence-corrected chi connectivity index (χ1v) is 11.2. The maximum absolute atomic E-state index is 14.5. The fraction of sp³-hybridized carbons (Fsp3) is 0.348. The van der Waals surface area contributed by atoms with E-state index in [9.17, 15) is 18.3 Å². The number of anilines is 2. The summed E-state index contributed by atoms with van der Waals surface area (Å²) in [6.07, 6.45) is 0.716. The number of rotatable bonds is 3. The topological polar surface area (TPSA) is 64.5 Å². The number of hydrogen-bond acceptors (Lipinski definition) is 5. The van der Waals surface area contributed by atoms with Crippen LogP contribution in [0.1, 0.15) is 24.4 Å². The van der Waals surface area contributed by atoms with Gasteiger partial charge in [0, 0.05) is 31.3 Å². The third-order valence-electron chi connectivity index (χ3n) is 6.12. The molecule has 10 heteroatoms. The lowest BCUT2D eigenvalue weighted by Gasteiger charge is -2.26. The van der Waals surface area contributed by atoms with Gasteiger partial charge in [0.15, 0.2) is 5.11 Å². The Morgan fingerprint density at radius 2 is 2.00 bits per heavy atom. The number of nitrogens with zero attached hydrogens (tertiary/aromatic N) is 4. The van der Waals surface area contributed by atoms with Crippen LogP contribution in [0.3, 0.4) is 0 Å². The molecule has 0 saturated carbocycles. The first-order chi connectivity index (χ1) is 15.9. The van der Waals surface area contributed by atoms with Crippen LogP contribution in [-0.2, 0) is 0 Å². The van der Waals surface area contributed by atoms with Gasteiger partial charge in [-0.15, -0.1) is 0 Å². The molecule has 4 heterocycles. The smallest absolute Gasteiger partial charge is 0.173 e. The van der Waals surface area contributed by atoms with Crippen molar-refractivity contribution >= 4 is 39.9 Å². The fourth-order valence-electron chi connectivity index (χ4n) is 4.50. The van der Waals surface area contributed by atoms with Crippen LogP contribution in [0, 0.1) is 11.6 Å². The van der Waals surface area contributed by atoms with E-state index in [2.05, 4.69) is 10.3 Å². The fourth-order valence-corrected chi connectivity index (χ4v) is 4.77. The first kappa shape index (κ1) is 21.8. The summed E-state index contributed by atoms with van der Waals surface area (Å²) in [5.41, 5.74) is 1.86. The van der Waals surface area contributed by atoms with E-state index in [1.807, 2.05) is 4.90 Å². The van der Waals surface area contributed by atoms with E-state index >= 15 is 0 Å². The number of aromatic nitrogens is 2. The highest BCUT2D eigenvalue weighted by Crippen LogP contribution is 2.38. The molecule has 33 heavy (non-hydrogen) atoms. The van der Waals surface area contributed by atoms with E-state index < -0.39 is 30.0 Å². The highest BCUT2D eigenvalue weighted by Gasteiger charge is 2.36. The first-order valence-electron chi connectivity index (χ1n) is 10.7. The maximum Gasteiger partial charge on any atom is 0.173 e. The number of β-amino-alcohol motifs (C(OH)–C–C–N with tert-alkyl or cyclic N) is 1. The third kappa shape index (κ3) is 4.32. The number of alkyl halides is 1. The number of fused-ring (bicyclic) bond motifs is 1. The number of pyridine rings is 2. The zero-order valence-corrected chi connectivity index (χ0v) is 18.4. The molecule has 0 spiro atoms.